The van der Waals surface area contributed by atoms with Gasteiger partial charge in [0.05, 0.1) is 8.67 Å². The monoisotopic (exact) mass is 310 g/mol. The first-order valence-corrected chi connectivity index (χ1v) is 7.05. The maximum absolute atomic E-state index is 11.9. The zero-order chi connectivity index (χ0) is 11.7. The van der Waals surface area contributed by atoms with Gasteiger partial charge in [0.15, 0.2) is 5.78 Å². The van der Waals surface area contributed by atoms with Crippen molar-refractivity contribution in [3.63, 3.8) is 0 Å². The number of hydrogen-bond donors (Lipinski definition) is 0. The highest BCUT2D eigenvalue weighted by atomic mass is 35.5. The van der Waals surface area contributed by atoms with E-state index in [1.165, 1.54) is 22.7 Å². The van der Waals surface area contributed by atoms with Gasteiger partial charge in [-0.25, -0.2) is 0 Å². The number of carbonyl (C=O) groups excluding carboxylic acids is 1. The van der Waals surface area contributed by atoms with Gasteiger partial charge in [0.1, 0.15) is 4.34 Å². The summed E-state index contributed by atoms with van der Waals surface area (Å²) in [6.07, 6.45) is 0.310. The molecule has 0 saturated carbocycles. The third-order valence-electron chi connectivity index (χ3n) is 1.92. The second-order valence-electron chi connectivity index (χ2n) is 3.04. The topological polar surface area (TPSA) is 17.1 Å². The molecule has 0 spiro atoms. The maximum atomic E-state index is 11.9. The molecule has 0 aliphatic carbocycles. The predicted molar refractivity (Wildman–Crippen MR) is 71.7 cm³/mol. The van der Waals surface area contributed by atoms with E-state index in [1.54, 1.807) is 12.1 Å². The summed E-state index contributed by atoms with van der Waals surface area (Å²) in [4.78, 5) is 12.8. The summed E-state index contributed by atoms with van der Waals surface area (Å²) in [6, 6.07) is 5.22. The van der Waals surface area contributed by atoms with E-state index < -0.39 is 0 Å². The Bertz CT molecular complexity index is 530. The Morgan fingerprint density at radius 3 is 2.38 bits per heavy atom. The fourth-order valence-electron chi connectivity index (χ4n) is 1.23. The molecule has 0 radical (unpaired) electrons. The van der Waals surface area contributed by atoms with Gasteiger partial charge in [-0.3, -0.25) is 4.79 Å². The summed E-state index contributed by atoms with van der Waals surface area (Å²) in [5, 5.41) is 0. The molecular formula is C10H5Cl3OS2. The van der Waals surface area contributed by atoms with Crippen molar-refractivity contribution in [2.75, 3.05) is 0 Å². The van der Waals surface area contributed by atoms with Crippen LogP contribution < -0.4 is 0 Å². The minimum atomic E-state index is -0.0355. The number of carbonyl (C=O) groups is 1. The lowest BCUT2D eigenvalue weighted by Gasteiger charge is -1.95. The summed E-state index contributed by atoms with van der Waals surface area (Å²) in [5.41, 5.74) is 0.487. The Balaban J connectivity index is 2.17. The molecule has 0 aliphatic rings. The Labute approximate surface area is 116 Å². The number of ketones is 1. The highest BCUT2D eigenvalue weighted by Gasteiger charge is 2.15. The van der Waals surface area contributed by atoms with Crippen molar-refractivity contribution in [1.29, 1.82) is 0 Å². The molecule has 1 nitrogen and oxygen atoms in total. The van der Waals surface area contributed by atoms with Crippen molar-refractivity contribution in [2.45, 2.75) is 6.42 Å². The summed E-state index contributed by atoms with van der Waals surface area (Å²) in [5.74, 6) is -0.0355. The maximum Gasteiger partial charge on any atom is 0.170 e. The number of halogens is 3. The van der Waals surface area contributed by atoms with Crippen molar-refractivity contribution in [3.05, 3.63) is 41.6 Å². The highest BCUT2D eigenvalue weighted by Crippen LogP contribution is 2.32. The van der Waals surface area contributed by atoms with Gasteiger partial charge in [0.2, 0.25) is 0 Å². The summed E-state index contributed by atoms with van der Waals surface area (Å²) < 4.78 is 1.65. The first-order chi connectivity index (χ1) is 7.56. The van der Waals surface area contributed by atoms with Crippen molar-refractivity contribution in [2.24, 2.45) is 0 Å². The molecule has 2 aromatic heterocycles. The number of rotatable bonds is 3. The molecule has 16 heavy (non-hydrogen) atoms. The van der Waals surface area contributed by atoms with Crippen LogP contribution in [-0.4, -0.2) is 5.78 Å². The Hall–Kier alpha value is -0.0600. The van der Waals surface area contributed by atoms with Gasteiger partial charge in [-0.1, -0.05) is 34.8 Å². The fraction of sp³-hybridized carbons (Fsp3) is 0.100. The SMILES string of the molecule is O=C(Cc1ccc(Cl)s1)c1cc(Cl)sc1Cl. The largest absolute Gasteiger partial charge is 0.294 e. The second-order valence-corrected chi connectivity index (χ2v) is 7.13. The molecule has 2 heterocycles. The average Bonchev–Trinajstić information content (AvgIpc) is 2.73. The van der Waals surface area contributed by atoms with E-state index in [-0.39, 0.29) is 5.78 Å². The molecule has 0 fully saturated rings. The molecule has 84 valence electrons. The normalized spacial score (nSPS) is 10.7. The van der Waals surface area contributed by atoms with Crippen LogP contribution in [0.15, 0.2) is 18.2 Å². The van der Waals surface area contributed by atoms with Gasteiger partial charge in [-0.15, -0.1) is 22.7 Å². The molecule has 2 aromatic rings. The van der Waals surface area contributed by atoms with Gasteiger partial charge in [0.25, 0.3) is 0 Å². The van der Waals surface area contributed by atoms with Gasteiger partial charge in [0, 0.05) is 16.9 Å². The van der Waals surface area contributed by atoms with Crippen molar-refractivity contribution >= 4 is 63.3 Å². The molecular weight excluding hydrogens is 307 g/mol. The zero-order valence-corrected chi connectivity index (χ0v) is 11.7. The van der Waals surface area contributed by atoms with E-state index in [2.05, 4.69) is 0 Å². The third-order valence-corrected chi connectivity index (χ3v) is 4.64. The van der Waals surface area contributed by atoms with Gasteiger partial charge >= 0.3 is 0 Å². The highest BCUT2D eigenvalue weighted by molar-refractivity contribution is 7.20. The van der Waals surface area contributed by atoms with Crippen LogP contribution in [0.3, 0.4) is 0 Å². The lowest BCUT2D eigenvalue weighted by Crippen LogP contribution is -2.00. The standard InChI is InChI=1S/C10H5Cl3OS2/c11-8-2-1-5(15-8)3-7(14)6-4-9(12)16-10(6)13/h1-2,4H,3H2. The Morgan fingerprint density at radius 2 is 1.88 bits per heavy atom. The van der Waals surface area contributed by atoms with Crippen LogP contribution in [0.2, 0.25) is 13.0 Å². The summed E-state index contributed by atoms with van der Waals surface area (Å²) in [7, 11) is 0. The van der Waals surface area contributed by atoms with Gasteiger partial charge in [-0.2, -0.15) is 0 Å². The van der Waals surface area contributed by atoms with Crippen molar-refractivity contribution < 1.29 is 4.79 Å². The van der Waals surface area contributed by atoms with Gasteiger partial charge in [-0.05, 0) is 18.2 Å². The molecule has 0 atom stereocenters. The molecule has 0 N–H and O–H groups in total. The van der Waals surface area contributed by atoms with Crippen LogP contribution in [0.25, 0.3) is 0 Å². The van der Waals surface area contributed by atoms with Crippen LogP contribution in [0.4, 0.5) is 0 Å². The van der Waals surface area contributed by atoms with Crippen LogP contribution in [0, 0.1) is 0 Å². The van der Waals surface area contributed by atoms with Gasteiger partial charge < -0.3 is 0 Å². The zero-order valence-electron chi connectivity index (χ0n) is 7.80. The quantitative estimate of drug-likeness (QED) is 0.712. The summed E-state index contributed by atoms with van der Waals surface area (Å²) in [6.45, 7) is 0. The smallest absolute Gasteiger partial charge is 0.170 e. The van der Waals surface area contributed by atoms with Crippen LogP contribution in [-0.2, 0) is 6.42 Å². The van der Waals surface area contributed by atoms with Crippen molar-refractivity contribution in [3.8, 4) is 0 Å². The van der Waals surface area contributed by atoms with E-state index in [0.717, 1.165) is 4.88 Å². The number of hydrogen-bond acceptors (Lipinski definition) is 3. The first kappa shape index (κ1) is 12.4. The second kappa shape index (κ2) is 5.07. The van der Waals surface area contributed by atoms with Crippen LogP contribution in [0.1, 0.15) is 15.2 Å². The Kier molecular flexibility index (Phi) is 3.93. The van der Waals surface area contributed by atoms with E-state index in [4.69, 9.17) is 34.8 Å². The van der Waals surface area contributed by atoms with Crippen LogP contribution in [0.5, 0.6) is 0 Å². The lowest BCUT2D eigenvalue weighted by molar-refractivity contribution is 0.0994. The third kappa shape index (κ3) is 2.79. The first-order valence-electron chi connectivity index (χ1n) is 4.28. The van der Waals surface area contributed by atoms with E-state index in [1.807, 2.05) is 6.07 Å². The Morgan fingerprint density at radius 1 is 1.12 bits per heavy atom. The molecule has 0 bridgehead atoms. The molecule has 0 unspecified atom stereocenters. The average molecular weight is 312 g/mol. The molecule has 2 rings (SSSR count). The minimum Gasteiger partial charge on any atom is -0.294 e. The molecule has 0 amide bonds. The minimum absolute atomic E-state index is 0.0355. The predicted octanol–water partition coefficient (Wildman–Crippen LogP) is 5.20. The number of thiophene rings is 2. The van der Waals surface area contributed by atoms with E-state index in [0.29, 0.717) is 25.0 Å². The molecule has 0 aromatic carbocycles. The van der Waals surface area contributed by atoms with Crippen LogP contribution >= 0.6 is 57.5 Å². The van der Waals surface area contributed by atoms with E-state index in [9.17, 15) is 4.79 Å². The van der Waals surface area contributed by atoms with E-state index >= 15 is 0 Å². The number of Topliss-reactive ketones (excluding diaryl/α,β-unsaturated/α-hetero) is 1. The molecule has 0 aliphatic heterocycles. The lowest BCUT2D eigenvalue weighted by atomic mass is 10.1. The summed E-state index contributed by atoms with van der Waals surface area (Å²) >= 11 is 20.1. The molecule has 6 heteroatoms. The molecule has 0 saturated heterocycles. The fourth-order valence-corrected chi connectivity index (χ4v) is 3.82. The van der Waals surface area contributed by atoms with Crippen molar-refractivity contribution in [1.82, 2.24) is 0 Å².